The van der Waals surface area contributed by atoms with Gasteiger partial charge in [0.15, 0.2) is 0 Å². The van der Waals surface area contributed by atoms with Gasteiger partial charge in [-0.2, -0.15) is 0 Å². The van der Waals surface area contributed by atoms with Gasteiger partial charge in [-0.3, -0.25) is 0 Å². The van der Waals surface area contributed by atoms with E-state index in [1.807, 2.05) is 20.8 Å². The first kappa shape index (κ1) is 13.2. The van der Waals surface area contributed by atoms with Crippen LogP contribution in [0.3, 0.4) is 0 Å². The number of hydrogen-bond acceptors (Lipinski definition) is 1. The van der Waals surface area contributed by atoms with Gasteiger partial charge in [0.25, 0.3) is 0 Å². The number of rotatable bonds is 4. The van der Waals surface area contributed by atoms with Gasteiger partial charge in [-0.25, -0.2) is 4.39 Å². The smallest absolute Gasteiger partial charge is 0.131 e. The van der Waals surface area contributed by atoms with Crippen LogP contribution in [0.25, 0.3) is 6.08 Å². The molecule has 1 unspecified atom stereocenters. The van der Waals surface area contributed by atoms with E-state index >= 15 is 0 Å². The van der Waals surface area contributed by atoms with Crippen LogP contribution in [-0.2, 0) is 0 Å². The van der Waals surface area contributed by atoms with Crippen molar-refractivity contribution in [1.82, 2.24) is 5.32 Å². The summed E-state index contributed by atoms with van der Waals surface area (Å²) in [5.41, 5.74) is 1.53. The van der Waals surface area contributed by atoms with E-state index in [2.05, 4.69) is 5.32 Å². The summed E-state index contributed by atoms with van der Waals surface area (Å²) < 4.78 is 13.5. The maximum Gasteiger partial charge on any atom is 0.131 e. The molecule has 0 radical (unpaired) electrons. The number of hydrogen-bond donors (Lipinski definition) is 1. The van der Waals surface area contributed by atoms with Gasteiger partial charge in [0, 0.05) is 11.6 Å². The fourth-order valence-corrected chi connectivity index (χ4v) is 1.69. The van der Waals surface area contributed by atoms with Crippen LogP contribution in [0, 0.1) is 5.82 Å². The molecule has 0 aliphatic heterocycles. The van der Waals surface area contributed by atoms with Crippen LogP contribution >= 0.6 is 11.6 Å². The van der Waals surface area contributed by atoms with Gasteiger partial charge in [-0.1, -0.05) is 36.2 Å². The molecule has 1 nitrogen and oxygen atoms in total. The first-order valence-corrected chi connectivity index (χ1v) is 5.79. The third-order valence-corrected chi connectivity index (χ3v) is 2.89. The highest BCUT2D eigenvalue weighted by Gasteiger charge is 2.07. The lowest BCUT2D eigenvalue weighted by molar-refractivity contribution is 0.622. The molecule has 88 valence electrons. The zero-order chi connectivity index (χ0) is 12.1. The minimum absolute atomic E-state index is 0.223. The van der Waals surface area contributed by atoms with Crippen molar-refractivity contribution in [2.45, 2.75) is 26.8 Å². The molecular weight excluding hydrogens is 225 g/mol. The van der Waals surface area contributed by atoms with E-state index in [9.17, 15) is 4.39 Å². The second-order valence-corrected chi connectivity index (χ2v) is 4.21. The summed E-state index contributed by atoms with van der Waals surface area (Å²) in [6.45, 7) is 6.94. The molecule has 1 N–H and O–H groups in total. The van der Waals surface area contributed by atoms with E-state index in [0.29, 0.717) is 10.6 Å². The molecule has 0 saturated heterocycles. The predicted molar refractivity (Wildman–Crippen MR) is 68.2 cm³/mol. The Morgan fingerprint density at radius 3 is 2.81 bits per heavy atom. The summed E-state index contributed by atoms with van der Waals surface area (Å²) in [7, 11) is 0. The Balaban J connectivity index is 2.98. The van der Waals surface area contributed by atoms with Crippen molar-refractivity contribution >= 4 is 17.7 Å². The number of nitrogens with one attached hydrogen (secondary N) is 1. The molecule has 0 heterocycles. The van der Waals surface area contributed by atoms with Gasteiger partial charge >= 0.3 is 0 Å². The van der Waals surface area contributed by atoms with Crippen molar-refractivity contribution < 1.29 is 4.39 Å². The first-order valence-electron chi connectivity index (χ1n) is 5.41. The van der Waals surface area contributed by atoms with Crippen molar-refractivity contribution in [3.8, 4) is 0 Å². The minimum atomic E-state index is -0.282. The molecule has 0 amide bonds. The lowest BCUT2D eigenvalue weighted by atomic mass is 10.1. The van der Waals surface area contributed by atoms with E-state index in [1.54, 1.807) is 18.2 Å². The molecule has 0 bridgehead atoms. The first-order chi connectivity index (χ1) is 7.56. The third kappa shape index (κ3) is 3.32. The molecule has 1 aromatic rings. The topological polar surface area (TPSA) is 12.0 Å². The molecule has 0 saturated carbocycles. The zero-order valence-electron chi connectivity index (χ0n) is 9.85. The van der Waals surface area contributed by atoms with E-state index in [-0.39, 0.29) is 11.9 Å². The molecule has 0 aliphatic rings. The number of benzene rings is 1. The monoisotopic (exact) mass is 241 g/mol. The van der Waals surface area contributed by atoms with Crippen LogP contribution in [-0.4, -0.2) is 12.6 Å². The Hall–Kier alpha value is -0.860. The second kappa shape index (κ2) is 6.02. The Morgan fingerprint density at radius 1 is 1.56 bits per heavy atom. The molecule has 0 spiro atoms. The fraction of sp³-hybridized carbons (Fsp3) is 0.385. The van der Waals surface area contributed by atoms with E-state index in [1.165, 1.54) is 6.07 Å². The largest absolute Gasteiger partial charge is 0.311 e. The van der Waals surface area contributed by atoms with Crippen LogP contribution < -0.4 is 5.32 Å². The summed E-state index contributed by atoms with van der Waals surface area (Å²) in [6.07, 6.45) is 1.80. The maximum absolute atomic E-state index is 13.5. The molecule has 0 aliphatic carbocycles. The predicted octanol–water partition coefficient (Wildman–Crippen LogP) is 3.88. The Bertz CT molecular complexity index is 367. The molecule has 0 aromatic heterocycles. The van der Waals surface area contributed by atoms with Gasteiger partial charge in [0.05, 0.1) is 5.02 Å². The molecular formula is C13H17ClFN. The van der Waals surface area contributed by atoms with Crippen LogP contribution in [0.4, 0.5) is 4.39 Å². The molecule has 1 atom stereocenters. The summed E-state index contributed by atoms with van der Waals surface area (Å²) in [5, 5.41) is 3.72. The minimum Gasteiger partial charge on any atom is -0.311 e. The van der Waals surface area contributed by atoms with E-state index < -0.39 is 0 Å². The molecule has 1 aromatic carbocycles. The number of halogens is 2. The highest BCUT2D eigenvalue weighted by molar-refractivity contribution is 6.32. The van der Waals surface area contributed by atoms with E-state index in [4.69, 9.17) is 11.6 Å². The Labute approximate surface area is 101 Å². The number of likely N-dealkylation sites (N-methyl/N-ethyl adjacent to an activating group) is 1. The lowest BCUT2D eigenvalue weighted by Crippen LogP contribution is -2.26. The van der Waals surface area contributed by atoms with Crippen molar-refractivity contribution in [2.75, 3.05) is 6.54 Å². The third-order valence-electron chi connectivity index (χ3n) is 2.57. The standard InChI is InChI=1S/C13H17ClFN/c1-4-16-10(3)9(2)8-11-12(14)6-5-7-13(11)15/h5-8,10,16H,4H2,1-3H3/b9-8+. The fourth-order valence-electron chi connectivity index (χ4n) is 1.47. The highest BCUT2D eigenvalue weighted by Crippen LogP contribution is 2.22. The maximum atomic E-state index is 13.5. The van der Waals surface area contributed by atoms with Gasteiger partial charge in [-0.05, 0) is 32.5 Å². The van der Waals surface area contributed by atoms with Crippen molar-refractivity contribution in [3.63, 3.8) is 0 Å². The van der Waals surface area contributed by atoms with Gasteiger partial charge in [-0.15, -0.1) is 0 Å². The summed E-state index contributed by atoms with van der Waals surface area (Å²) >= 11 is 5.95. The molecule has 16 heavy (non-hydrogen) atoms. The van der Waals surface area contributed by atoms with Crippen LogP contribution in [0.15, 0.2) is 23.8 Å². The zero-order valence-corrected chi connectivity index (χ0v) is 10.6. The van der Waals surface area contributed by atoms with Crippen LogP contribution in [0.2, 0.25) is 5.02 Å². The SMILES string of the molecule is CCNC(C)/C(C)=C/c1c(F)cccc1Cl. The van der Waals surface area contributed by atoms with Crippen molar-refractivity contribution in [2.24, 2.45) is 0 Å². The molecule has 0 fully saturated rings. The van der Waals surface area contributed by atoms with Crippen molar-refractivity contribution in [1.29, 1.82) is 0 Å². The van der Waals surface area contributed by atoms with Gasteiger partial charge in [0.1, 0.15) is 5.82 Å². The van der Waals surface area contributed by atoms with Crippen LogP contribution in [0.5, 0.6) is 0 Å². The highest BCUT2D eigenvalue weighted by atomic mass is 35.5. The Kier molecular flexibility index (Phi) is 4.97. The lowest BCUT2D eigenvalue weighted by Gasteiger charge is -2.13. The van der Waals surface area contributed by atoms with Crippen LogP contribution in [0.1, 0.15) is 26.3 Å². The Morgan fingerprint density at radius 2 is 2.25 bits per heavy atom. The second-order valence-electron chi connectivity index (χ2n) is 3.80. The normalized spacial score (nSPS) is 13.9. The quantitative estimate of drug-likeness (QED) is 0.844. The van der Waals surface area contributed by atoms with Gasteiger partial charge in [0.2, 0.25) is 0 Å². The average Bonchev–Trinajstić information content (AvgIpc) is 2.23. The summed E-state index contributed by atoms with van der Waals surface area (Å²) in [5.74, 6) is -0.282. The molecule has 3 heteroatoms. The summed E-state index contributed by atoms with van der Waals surface area (Å²) in [4.78, 5) is 0. The summed E-state index contributed by atoms with van der Waals surface area (Å²) in [6, 6.07) is 4.95. The molecule has 1 rings (SSSR count). The van der Waals surface area contributed by atoms with Crippen molar-refractivity contribution in [3.05, 3.63) is 40.2 Å². The average molecular weight is 242 g/mol. The van der Waals surface area contributed by atoms with E-state index in [0.717, 1.165) is 12.1 Å². The van der Waals surface area contributed by atoms with Gasteiger partial charge < -0.3 is 5.32 Å².